The minimum atomic E-state index is -0.746. The summed E-state index contributed by atoms with van der Waals surface area (Å²) in [7, 11) is 1.58. The highest BCUT2D eigenvalue weighted by Crippen LogP contribution is 2.54. The third-order valence-corrected chi connectivity index (χ3v) is 10.1. The third kappa shape index (κ3) is 4.87. The molecular weight excluding hydrogens is 558 g/mol. The fraction of sp³-hybridized carbons (Fsp3) is 0.226. The van der Waals surface area contributed by atoms with Crippen LogP contribution in [0, 0.1) is 19.8 Å². The fourth-order valence-corrected chi connectivity index (χ4v) is 8.13. The van der Waals surface area contributed by atoms with Gasteiger partial charge in [-0.1, -0.05) is 70.6 Å². The van der Waals surface area contributed by atoms with Crippen LogP contribution in [0.3, 0.4) is 0 Å². The molecule has 1 saturated heterocycles. The van der Waals surface area contributed by atoms with Crippen LogP contribution in [0.4, 0.5) is 11.4 Å². The van der Waals surface area contributed by atoms with Crippen molar-refractivity contribution in [3.05, 3.63) is 104 Å². The first-order valence-corrected chi connectivity index (χ1v) is 14.8. The number of rotatable bonds is 6. The Morgan fingerprint density at radius 3 is 2.15 bits per heavy atom. The summed E-state index contributed by atoms with van der Waals surface area (Å²) in [4.78, 5) is 55.8. The lowest BCUT2D eigenvalue weighted by atomic mass is 9.83. The van der Waals surface area contributed by atoms with Gasteiger partial charge in [0.1, 0.15) is 17.5 Å². The Labute approximate surface area is 245 Å². The molecule has 3 heterocycles. The van der Waals surface area contributed by atoms with Crippen molar-refractivity contribution in [3.63, 3.8) is 0 Å². The van der Waals surface area contributed by atoms with Crippen molar-refractivity contribution in [1.29, 1.82) is 0 Å². The number of fused-ring (bicyclic) bond motifs is 2. The summed E-state index contributed by atoms with van der Waals surface area (Å²) in [6.45, 7) is 3.70. The maximum atomic E-state index is 14.0. The zero-order valence-electron chi connectivity index (χ0n) is 22.6. The molecule has 0 saturated carbocycles. The van der Waals surface area contributed by atoms with Crippen LogP contribution in [0.1, 0.15) is 27.5 Å². The number of imide groups is 1. The minimum Gasteiger partial charge on any atom is -0.497 e. The Balaban J connectivity index is 1.40. The smallest absolute Gasteiger partial charge is 0.308 e. The van der Waals surface area contributed by atoms with Crippen molar-refractivity contribution in [2.75, 3.05) is 17.3 Å². The molecule has 6 rings (SSSR count). The van der Waals surface area contributed by atoms with E-state index in [0.717, 1.165) is 28.0 Å². The topological polar surface area (TPSA) is 97.7 Å². The molecular formula is C31H27N3O5S2. The molecule has 10 heteroatoms. The van der Waals surface area contributed by atoms with Gasteiger partial charge in [0.15, 0.2) is 0 Å². The number of amides is 3. The quantitative estimate of drug-likeness (QED) is 0.321. The van der Waals surface area contributed by atoms with Crippen molar-refractivity contribution in [1.82, 2.24) is 4.57 Å². The molecule has 2 aliphatic heterocycles. The number of benzene rings is 3. The SMILES string of the molecule is COc1ccc([C@@H]2c3sc(=O)n(CC(=O)Nc4ccc(C)cc4)c3S[C@@H]3C(=O)N(c4ccc(C)cc4)C(=O)[C@H]23)cc1. The molecule has 0 spiro atoms. The third-order valence-electron chi connectivity index (χ3n) is 7.45. The molecule has 4 aromatic rings. The second-order valence-electron chi connectivity index (χ2n) is 10.2. The number of methoxy groups -OCH3 is 1. The van der Waals surface area contributed by atoms with Crippen molar-refractivity contribution < 1.29 is 19.1 Å². The van der Waals surface area contributed by atoms with E-state index < -0.39 is 17.1 Å². The van der Waals surface area contributed by atoms with Crippen LogP contribution in [0.5, 0.6) is 5.75 Å². The predicted octanol–water partition coefficient (Wildman–Crippen LogP) is 4.97. The highest BCUT2D eigenvalue weighted by Gasteiger charge is 2.56. The zero-order valence-corrected chi connectivity index (χ0v) is 24.3. The maximum absolute atomic E-state index is 14.0. The van der Waals surface area contributed by atoms with Gasteiger partial charge >= 0.3 is 4.87 Å². The number of aryl methyl sites for hydroxylation is 2. The van der Waals surface area contributed by atoms with Crippen molar-refractivity contribution in [2.45, 2.75) is 36.6 Å². The fourth-order valence-electron chi connectivity index (χ4n) is 5.36. The average Bonchev–Trinajstić information content (AvgIpc) is 3.41. The van der Waals surface area contributed by atoms with Crippen molar-refractivity contribution in [2.24, 2.45) is 5.92 Å². The first-order valence-electron chi connectivity index (χ1n) is 13.1. The maximum Gasteiger partial charge on any atom is 0.308 e. The number of nitrogens with zero attached hydrogens (tertiary/aromatic N) is 2. The first-order chi connectivity index (χ1) is 19.7. The van der Waals surface area contributed by atoms with Gasteiger partial charge < -0.3 is 10.1 Å². The predicted molar refractivity (Wildman–Crippen MR) is 160 cm³/mol. The van der Waals surface area contributed by atoms with E-state index >= 15 is 0 Å². The van der Waals surface area contributed by atoms with Crippen molar-refractivity contribution in [3.8, 4) is 5.75 Å². The standard InChI is InChI=1S/C31H27N3O5S2/c1-17-4-10-20(11-5-17)32-23(35)16-33-30-27(41-31(33)38)24(19-8-14-22(39-3)15-9-19)25-26(40-30)29(37)34(28(25)36)21-12-6-18(2)7-13-21/h4-15,24-26H,16H2,1-3H3,(H,32,35)/t24-,25+,26-/m0/s1. The second kappa shape index (κ2) is 10.7. The summed E-state index contributed by atoms with van der Waals surface area (Å²) in [6.07, 6.45) is 0. The van der Waals surface area contributed by atoms with Crippen LogP contribution in [-0.2, 0) is 20.9 Å². The monoisotopic (exact) mass is 585 g/mol. The van der Waals surface area contributed by atoms with E-state index in [1.54, 1.807) is 43.5 Å². The lowest BCUT2D eigenvalue weighted by molar-refractivity contribution is -0.122. The number of aromatic nitrogens is 1. The Morgan fingerprint density at radius 2 is 1.51 bits per heavy atom. The van der Waals surface area contributed by atoms with E-state index in [1.807, 2.05) is 50.2 Å². The Hall–Kier alpha value is -4.15. The summed E-state index contributed by atoms with van der Waals surface area (Å²) >= 11 is 2.23. The number of nitrogens with one attached hydrogen (secondary N) is 1. The molecule has 0 unspecified atom stereocenters. The van der Waals surface area contributed by atoms with E-state index in [4.69, 9.17) is 4.74 Å². The largest absolute Gasteiger partial charge is 0.497 e. The van der Waals surface area contributed by atoms with Gasteiger partial charge in [-0.15, -0.1) is 0 Å². The Kier molecular flexibility index (Phi) is 7.04. The molecule has 0 bridgehead atoms. The van der Waals surface area contributed by atoms with Gasteiger partial charge in [-0.05, 0) is 55.8 Å². The molecule has 1 aromatic heterocycles. The molecule has 3 atom stereocenters. The van der Waals surface area contributed by atoms with Crippen LogP contribution in [0.25, 0.3) is 0 Å². The highest BCUT2D eigenvalue weighted by molar-refractivity contribution is 8.00. The molecule has 3 aromatic carbocycles. The molecule has 1 fully saturated rings. The number of ether oxygens (including phenoxy) is 1. The van der Waals surface area contributed by atoms with E-state index in [1.165, 1.54) is 21.2 Å². The van der Waals surface area contributed by atoms with Gasteiger partial charge in [0, 0.05) is 16.5 Å². The van der Waals surface area contributed by atoms with Crippen LogP contribution in [0.15, 0.2) is 82.6 Å². The number of hydrogen-bond acceptors (Lipinski definition) is 7. The lowest BCUT2D eigenvalue weighted by Crippen LogP contribution is -2.33. The summed E-state index contributed by atoms with van der Waals surface area (Å²) in [5.74, 6) is -1.56. The number of anilines is 2. The van der Waals surface area contributed by atoms with E-state index in [2.05, 4.69) is 5.32 Å². The summed E-state index contributed by atoms with van der Waals surface area (Å²) in [5.41, 5.74) is 4.04. The van der Waals surface area contributed by atoms with Crippen LogP contribution >= 0.6 is 23.1 Å². The number of thiazole rings is 1. The Morgan fingerprint density at radius 1 is 0.878 bits per heavy atom. The normalized spacial score (nSPS) is 19.6. The van der Waals surface area contributed by atoms with E-state index in [9.17, 15) is 19.2 Å². The summed E-state index contributed by atoms with van der Waals surface area (Å²) in [6, 6.07) is 22.0. The zero-order chi connectivity index (χ0) is 28.8. The average molecular weight is 586 g/mol. The van der Waals surface area contributed by atoms with Gasteiger partial charge in [0.05, 0.1) is 23.7 Å². The van der Waals surface area contributed by atoms with Gasteiger partial charge in [0.25, 0.3) is 0 Å². The molecule has 2 aliphatic rings. The van der Waals surface area contributed by atoms with Gasteiger partial charge in [-0.3, -0.25) is 23.7 Å². The minimum absolute atomic E-state index is 0.206. The van der Waals surface area contributed by atoms with Crippen molar-refractivity contribution >= 4 is 52.2 Å². The van der Waals surface area contributed by atoms with E-state index in [0.29, 0.717) is 27.0 Å². The summed E-state index contributed by atoms with van der Waals surface area (Å²) in [5, 5.41) is 2.65. The Bertz CT molecular complexity index is 1710. The highest BCUT2D eigenvalue weighted by atomic mass is 32.2. The number of hydrogen-bond donors (Lipinski definition) is 1. The van der Waals surface area contributed by atoms with Crippen LogP contribution in [0.2, 0.25) is 0 Å². The first kappa shape index (κ1) is 27.0. The molecule has 41 heavy (non-hydrogen) atoms. The number of carbonyl (C=O) groups excluding carboxylic acids is 3. The van der Waals surface area contributed by atoms with Crippen LogP contribution in [-0.4, -0.2) is 34.6 Å². The molecule has 208 valence electrons. The lowest BCUT2D eigenvalue weighted by Gasteiger charge is -2.30. The second-order valence-corrected chi connectivity index (χ2v) is 12.3. The molecule has 0 aliphatic carbocycles. The van der Waals surface area contributed by atoms with Gasteiger partial charge in [-0.25, -0.2) is 4.90 Å². The number of thioether (sulfide) groups is 1. The van der Waals surface area contributed by atoms with Gasteiger partial charge in [-0.2, -0.15) is 0 Å². The molecule has 3 amide bonds. The van der Waals surface area contributed by atoms with Crippen LogP contribution < -0.4 is 19.8 Å². The van der Waals surface area contributed by atoms with Gasteiger partial charge in [0.2, 0.25) is 17.7 Å². The molecule has 8 nitrogen and oxygen atoms in total. The summed E-state index contributed by atoms with van der Waals surface area (Å²) < 4.78 is 6.75. The molecule has 0 radical (unpaired) electrons. The van der Waals surface area contributed by atoms with E-state index in [-0.39, 0.29) is 29.1 Å². The number of carbonyl (C=O) groups is 3. The molecule has 1 N–H and O–H groups in total.